The van der Waals surface area contributed by atoms with Crippen LogP contribution in [0, 0.1) is 6.92 Å². The van der Waals surface area contributed by atoms with Gasteiger partial charge in [-0.1, -0.05) is 6.07 Å². The summed E-state index contributed by atoms with van der Waals surface area (Å²) in [4.78, 5) is 0. The molecule has 4 aromatic rings. The Kier molecular flexibility index (Phi) is 2.98. The van der Waals surface area contributed by atoms with Gasteiger partial charge in [-0.15, -0.1) is 0 Å². The van der Waals surface area contributed by atoms with E-state index in [0.29, 0.717) is 0 Å². The second-order valence-electron chi connectivity index (χ2n) is 6.05. The molecule has 0 saturated carbocycles. The average molecular weight is 304 g/mol. The van der Waals surface area contributed by atoms with Crippen LogP contribution < -0.4 is 10.1 Å². The van der Waals surface area contributed by atoms with Gasteiger partial charge >= 0.3 is 0 Å². The second kappa shape index (κ2) is 4.92. The molecule has 0 saturated heterocycles. The molecule has 0 fully saturated rings. The van der Waals surface area contributed by atoms with E-state index in [1.54, 1.807) is 7.11 Å². The van der Waals surface area contributed by atoms with E-state index in [-0.39, 0.29) is 0 Å². The van der Waals surface area contributed by atoms with Gasteiger partial charge in [0.05, 0.1) is 12.6 Å². The molecule has 4 rings (SSSR count). The summed E-state index contributed by atoms with van der Waals surface area (Å²) in [5, 5.41) is 8.33. The first-order valence-electron chi connectivity index (χ1n) is 7.81. The number of hydrogen-bond acceptors (Lipinski definition) is 2. The van der Waals surface area contributed by atoms with Gasteiger partial charge in [-0.05, 0) is 59.7 Å². The van der Waals surface area contributed by atoms with Gasteiger partial charge in [0.15, 0.2) is 0 Å². The van der Waals surface area contributed by atoms with Crippen LogP contribution in [0.4, 0.5) is 5.69 Å². The van der Waals surface area contributed by atoms with Crippen LogP contribution in [0.15, 0.2) is 42.5 Å². The maximum atomic E-state index is 5.45. The third-order valence-electron chi connectivity index (χ3n) is 4.76. The fraction of sp³-hybridized carbons (Fsp3) is 0.200. The highest BCUT2D eigenvalue weighted by Gasteiger charge is 2.14. The molecular weight excluding hydrogens is 284 g/mol. The van der Waals surface area contributed by atoms with Gasteiger partial charge in [0, 0.05) is 36.1 Å². The van der Waals surface area contributed by atoms with Crippen LogP contribution in [0.2, 0.25) is 0 Å². The molecule has 23 heavy (non-hydrogen) atoms. The zero-order valence-electron chi connectivity index (χ0n) is 13.9. The minimum absolute atomic E-state index is 0.893. The molecule has 1 aromatic heterocycles. The Hall–Kier alpha value is -2.68. The highest BCUT2D eigenvalue weighted by molar-refractivity contribution is 6.22. The largest absolute Gasteiger partial charge is 0.497 e. The Morgan fingerprint density at radius 2 is 1.83 bits per heavy atom. The number of nitrogens with zero attached hydrogens (tertiary/aromatic N) is 1. The summed E-state index contributed by atoms with van der Waals surface area (Å²) < 4.78 is 7.73. The predicted molar refractivity (Wildman–Crippen MR) is 98.8 cm³/mol. The number of methoxy groups -OCH3 is 1. The molecular formula is C20H20N2O. The minimum Gasteiger partial charge on any atom is -0.497 e. The minimum atomic E-state index is 0.893. The quantitative estimate of drug-likeness (QED) is 0.573. The highest BCUT2D eigenvalue weighted by Crippen LogP contribution is 2.38. The van der Waals surface area contributed by atoms with E-state index in [1.165, 1.54) is 38.1 Å². The van der Waals surface area contributed by atoms with Crippen molar-refractivity contribution in [3.8, 4) is 5.75 Å². The zero-order valence-corrected chi connectivity index (χ0v) is 13.9. The van der Waals surface area contributed by atoms with Crippen molar-refractivity contribution in [3.05, 3.63) is 48.0 Å². The van der Waals surface area contributed by atoms with E-state index in [0.717, 1.165) is 11.4 Å². The number of ether oxygens (including phenoxy) is 1. The van der Waals surface area contributed by atoms with Crippen LogP contribution in [0.3, 0.4) is 0 Å². The number of aromatic nitrogens is 1. The Morgan fingerprint density at radius 3 is 2.57 bits per heavy atom. The summed E-state index contributed by atoms with van der Waals surface area (Å²) in [5.41, 5.74) is 4.94. The van der Waals surface area contributed by atoms with Crippen molar-refractivity contribution in [1.82, 2.24) is 4.57 Å². The molecule has 0 bridgehead atoms. The van der Waals surface area contributed by atoms with Crippen molar-refractivity contribution in [2.45, 2.75) is 6.92 Å². The molecule has 0 aliphatic heterocycles. The number of fused-ring (bicyclic) bond motifs is 5. The van der Waals surface area contributed by atoms with Crippen molar-refractivity contribution < 1.29 is 4.74 Å². The highest BCUT2D eigenvalue weighted by atomic mass is 16.5. The number of aryl methyl sites for hydroxylation is 2. The first-order chi connectivity index (χ1) is 11.1. The molecule has 0 amide bonds. The Balaban J connectivity index is 2.29. The van der Waals surface area contributed by atoms with Crippen molar-refractivity contribution in [2.24, 2.45) is 7.05 Å². The van der Waals surface area contributed by atoms with Crippen LogP contribution in [-0.4, -0.2) is 18.7 Å². The van der Waals surface area contributed by atoms with E-state index in [4.69, 9.17) is 4.74 Å². The van der Waals surface area contributed by atoms with Gasteiger partial charge < -0.3 is 14.6 Å². The Bertz CT molecular complexity index is 1060. The number of benzene rings is 3. The third-order valence-corrected chi connectivity index (χ3v) is 4.76. The smallest absolute Gasteiger partial charge is 0.119 e. The monoisotopic (exact) mass is 304 g/mol. The molecule has 0 unspecified atom stereocenters. The van der Waals surface area contributed by atoms with Crippen molar-refractivity contribution in [1.29, 1.82) is 0 Å². The van der Waals surface area contributed by atoms with Gasteiger partial charge in [-0.2, -0.15) is 0 Å². The van der Waals surface area contributed by atoms with Gasteiger partial charge in [-0.25, -0.2) is 0 Å². The van der Waals surface area contributed by atoms with Crippen molar-refractivity contribution in [3.63, 3.8) is 0 Å². The van der Waals surface area contributed by atoms with Gasteiger partial charge in [0.1, 0.15) is 5.75 Å². The van der Waals surface area contributed by atoms with Gasteiger partial charge in [0.2, 0.25) is 0 Å². The predicted octanol–water partition coefficient (Wildman–Crippen LogP) is 4.84. The molecule has 116 valence electrons. The summed E-state index contributed by atoms with van der Waals surface area (Å²) in [6.45, 7) is 2.18. The van der Waals surface area contributed by atoms with E-state index in [1.807, 2.05) is 13.1 Å². The molecule has 1 N–H and O–H groups in total. The molecule has 0 spiro atoms. The number of anilines is 1. The first kappa shape index (κ1) is 13.9. The lowest BCUT2D eigenvalue weighted by Crippen LogP contribution is -1.91. The van der Waals surface area contributed by atoms with Crippen LogP contribution in [-0.2, 0) is 7.05 Å². The van der Waals surface area contributed by atoms with Crippen LogP contribution in [0.25, 0.3) is 32.6 Å². The fourth-order valence-electron chi connectivity index (χ4n) is 3.64. The Labute approximate surface area is 135 Å². The summed E-state index contributed by atoms with van der Waals surface area (Å²) in [5.74, 6) is 0.893. The lowest BCUT2D eigenvalue weighted by Gasteiger charge is -2.08. The summed E-state index contributed by atoms with van der Waals surface area (Å²) in [6, 6.07) is 15.1. The summed E-state index contributed by atoms with van der Waals surface area (Å²) >= 11 is 0. The Morgan fingerprint density at radius 1 is 1.00 bits per heavy atom. The number of rotatable bonds is 2. The zero-order chi connectivity index (χ0) is 16.1. The van der Waals surface area contributed by atoms with Gasteiger partial charge in [-0.3, -0.25) is 0 Å². The van der Waals surface area contributed by atoms with Crippen LogP contribution >= 0.6 is 0 Å². The fourth-order valence-corrected chi connectivity index (χ4v) is 3.64. The molecule has 1 heterocycles. The summed E-state index contributed by atoms with van der Waals surface area (Å²) in [6.07, 6.45) is 0. The summed E-state index contributed by atoms with van der Waals surface area (Å²) in [7, 11) is 5.81. The molecule has 0 aliphatic carbocycles. The second-order valence-corrected chi connectivity index (χ2v) is 6.05. The molecule has 0 atom stereocenters. The SMILES string of the molecule is CNc1ccc2cc(C)c3c(c2c1)c1cc(OC)ccc1n3C. The topological polar surface area (TPSA) is 26.2 Å². The lowest BCUT2D eigenvalue weighted by atomic mass is 10.00. The average Bonchev–Trinajstić information content (AvgIpc) is 2.88. The van der Waals surface area contributed by atoms with E-state index in [9.17, 15) is 0 Å². The number of nitrogens with one attached hydrogen (secondary N) is 1. The lowest BCUT2D eigenvalue weighted by molar-refractivity contribution is 0.415. The maximum Gasteiger partial charge on any atom is 0.119 e. The standard InChI is InChI=1S/C20H20N2O/c1-12-9-13-5-6-14(21-2)10-16(13)19-17-11-15(23-4)7-8-18(17)22(3)20(12)19/h5-11,21H,1-4H3. The molecule has 0 radical (unpaired) electrons. The maximum absolute atomic E-state index is 5.45. The van der Waals surface area contributed by atoms with E-state index in [2.05, 4.69) is 60.3 Å². The first-order valence-corrected chi connectivity index (χ1v) is 7.81. The van der Waals surface area contributed by atoms with Crippen LogP contribution in [0.5, 0.6) is 5.75 Å². The van der Waals surface area contributed by atoms with Crippen molar-refractivity contribution in [2.75, 3.05) is 19.5 Å². The van der Waals surface area contributed by atoms with Gasteiger partial charge in [0.25, 0.3) is 0 Å². The third kappa shape index (κ3) is 1.89. The van der Waals surface area contributed by atoms with E-state index < -0.39 is 0 Å². The van der Waals surface area contributed by atoms with E-state index >= 15 is 0 Å². The normalized spacial score (nSPS) is 11.5. The molecule has 3 heteroatoms. The van der Waals surface area contributed by atoms with Crippen LogP contribution in [0.1, 0.15) is 5.56 Å². The number of hydrogen-bond donors (Lipinski definition) is 1. The molecule has 0 aliphatic rings. The molecule has 3 nitrogen and oxygen atoms in total. The molecule has 3 aromatic carbocycles. The van der Waals surface area contributed by atoms with Crippen molar-refractivity contribution >= 4 is 38.3 Å².